The molecule has 2 aromatic heterocycles. The maximum atomic E-state index is 13.3. The predicted molar refractivity (Wildman–Crippen MR) is 140 cm³/mol. The summed E-state index contributed by atoms with van der Waals surface area (Å²) >= 11 is 6.39. The SMILES string of the molecule is NS(=O)(=O)c1nn2c(-c3ccc(C(F)(F)F)cc3)c(-c3ccccc3Cl)cnc2c1C(=O)N[C@H]1CCCS1(=O)=O. The van der Waals surface area contributed by atoms with E-state index in [2.05, 4.69) is 15.4 Å². The minimum absolute atomic E-state index is 0.0595. The van der Waals surface area contributed by atoms with Crippen LogP contribution in [0.3, 0.4) is 0 Å². The number of nitrogens with two attached hydrogens (primary N) is 1. The highest BCUT2D eigenvalue weighted by Gasteiger charge is 2.36. The summed E-state index contributed by atoms with van der Waals surface area (Å²) in [6, 6.07) is 10.5. The average molecular weight is 614 g/mol. The van der Waals surface area contributed by atoms with Crippen molar-refractivity contribution in [3.63, 3.8) is 0 Å². The Hall–Kier alpha value is -3.53. The number of fused-ring (bicyclic) bond motifs is 1. The number of hydrogen-bond acceptors (Lipinski definition) is 7. The van der Waals surface area contributed by atoms with Crippen molar-refractivity contribution < 1.29 is 34.8 Å². The quantitative estimate of drug-likeness (QED) is 0.348. The third-order valence-corrected chi connectivity index (χ3v) is 9.61. The van der Waals surface area contributed by atoms with Crippen LogP contribution in [0.2, 0.25) is 5.02 Å². The molecule has 0 saturated carbocycles. The first-order chi connectivity index (χ1) is 18.7. The van der Waals surface area contributed by atoms with Gasteiger partial charge in [-0.05, 0) is 31.0 Å². The van der Waals surface area contributed by atoms with Gasteiger partial charge in [-0.15, -0.1) is 0 Å². The van der Waals surface area contributed by atoms with Crippen LogP contribution in [0.4, 0.5) is 13.2 Å². The number of rotatable bonds is 5. The minimum atomic E-state index is -4.67. The number of carbonyl (C=O) groups excluding carboxylic acids is 1. The zero-order chi connectivity index (χ0) is 29.0. The van der Waals surface area contributed by atoms with E-state index in [9.17, 15) is 34.8 Å². The van der Waals surface area contributed by atoms with E-state index in [1.54, 1.807) is 24.3 Å². The van der Waals surface area contributed by atoms with E-state index in [0.29, 0.717) is 12.0 Å². The Labute approximate surface area is 230 Å². The van der Waals surface area contributed by atoms with Gasteiger partial charge in [-0.3, -0.25) is 4.79 Å². The van der Waals surface area contributed by atoms with Gasteiger partial charge in [0.25, 0.3) is 15.9 Å². The number of nitrogens with zero attached hydrogens (tertiary/aromatic N) is 3. The fourth-order valence-corrected chi connectivity index (χ4v) is 7.07. The molecule has 0 unspecified atom stereocenters. The largest absolute Gasteiger partial charge is 0.416 e. The number of halogens is 4. The van der Waals surface area contributed by atoms with Crippen molar-refractivity contribution in [1.82, 2.24) is 19.9 Å². The molecule has 1 fully saturated rings. The predicted octanol–water partition coefficient (Wildman–Crippen LogP) is 3.65. The van der Waals surface area contributed by atoms with Gasteiger partial charge in [-0.25, -0.2) is 31.5 Å². The fraction of sp³-hybridized carbons (Fsp3) is 0.208. The van der Waals surface area contributed by atoms with Crippen molar-refractivity contribution >= 4 is 43.0 Å². The number of hydrogen-bond donors (Lipinski definition) is 2. The van der Waals surface area contributed by atoms with Crippen LogP contribution in [0.5, 0.6) is 0 Å². The van der Waals surface area contributed by atoms with Crippen LogP contribution in [0, 0.1) is 0 Å². The van der Waals surface area contributed by atoms with E-state index >= 15 is 0 Å². The highest BCUT2D eigenvalue weighted by atomic mass is 35.5. The number of benzene rings is 2. The van der Waals surface area contributed by atoms with Crippen LogP contribution < -0.4 is 10.5 Å². The zero-order valence-corrected chi connectivity index (χ0v) is 22.6. The summed E-state index contributed by atoms with van der Waals surface area (Å²) < 4.78 is 90.4. The summed E-state index contributed by atoms with van der Waals surface area (Å²) in [7, 11) is -8.33. The van der Waals surface area contributed by atoms with Gasteiger partial charge in [0.1, 0.15) is 10.9 Å². The molecular weight excluding hydrogens is 595 g/mol. The molecular formula is C24H19ClF3N5O5S2. The number of sulfonamides is 1. The smallest absolute Gasteiger partial charge is 0.335 e. The number of nitrogens with one attached hydrogen (secondary N) is 1. The third-order valence-electron chi connectivity index (χ3n) is 6.38. The molecule has 1 saturated heterocycles. The molecule has 4 aromatic rings. The summed E-state index contributed by atoms with van der Waals surface area (Å²) in [4.78, 5) is 17.5. The topological polar surface area (TPSA) is 154 Å². The monoisotopic (exact) mass is 613 g/mol. The molecule has 1 aliphatic rings. The van der Waals surface area contributed by atoms with Crippen molar-refractivity contribution in [2.45, 2.75) is 29.4 Å². The standard InChI is InChI=1S/C24H19ClF3N5O5S2/c25-17-5-2-1-4-15(17)16-12-30-21-19(22(34)31-18-6-3-11-39(18,35)36)23(40(29,37)38)32-33(21)20(16)13-7-9-14(10-8-13)24(26,27)28/h1-2,4-5,7-10,12,18H,3,6,11H2,(H,31,34)(H2,29,37,38)/t18-/m1/s1. The first-order valence-electron chi connectivity index (χ1n) is 11.6. The third kappa shape index (κ3) is 5.05. The van der Waals surface area contributed by atoms with Crippen molar-refractivity contribution in [1.29, 1.82) is 0 Å². The van der Waals surface area contributed by atoms with Gasteiger partial charge in [-0.1, -0.05) is 41.9 Å². The van der Waals surface area contributed by atoms with Gasteiger partial charge < -0.3 is 5.32 Å². The van der Waals surface area contributed by atoms with E-state index in [1.807, 2.05) is 0 Å². The number of carbonyl (C=O) groups is 1. The summed E-state index contributed by atoms with van der Waals surface area (Å²) in [5.41, 5.74) is -0.986. The lowest BCUT2D eigenvalue weighted by molar-refractivity contribution is -0.137. The maximum Gasteiger partial charge on any atom is 0.416 e. The molecule has 210 valence electrons. The first-order valence-corrected chi connectivity index (χ1v) is 15.2. The fourth-order valence-electron chi connectivity index (χ4n) is 4.51. The van der Waals surface area contributed by atoms with Gasteiger partial charge in [0, 0.05) is 27.9 Å². The highest BCUT2D eigenvalue weighted by Crippen LogP contribution is 2.38. The lowest BCUT2D eigenvalue weighted by Crippen LogP contribution is -2.38. The second-order valence-electron chi connectivity index (χ2n) is 9.01. The number of sulfone groups is 1. The molecule has 2 aromatic carbocycles. The molecule has 0 aliphatic carbocycles. The Balaban J connectivity index is 1.80. The number of alkyl halides is 3. The van der Waals surface area contributed by atoms with E-state index in [4.69, 9.17) is 16.7 Å². The molecule has 1 aliphatic heterocycles. The molecule has 0 spiro atoms. The normalized spacial score (nSPS) is 17.3. The maximum absolute atomic E-state index is 13.3. The summed E-state index contributed by atoms with van der Waals surface area (Å²) in [5, 5.41) is 9.86. The Bertz CT molecular complexity index is 1880. The van der Waals surface area contributed by atoms with Gasteiger partial charge in [0.05, 0.1) is 17.0 Å². The van der Waals surface area contributed by atoms with Gasteiger partial charge in [0.2, 0.25) is 5.03 Å². The molecule has 5 rings (SSSR count). The van der Waals surface area contributed by atoms with Crippen molar-refractivity contribution in [3.05, 3.63) is 70.9 Å². The Morgan fingerprint density at radius 3 is 2.35 bits per heavy atom. The highest BCUT2D eigenvalue weighted by molar-refractivity contribution is 7.92. The van der Waals surface area contributed by atoms with Crippen LogP contribution in [0.15, 0.2) is 59.8 Å². The van der Waals surface area contributed by atoms with Crippen LogP contribution >= 0.6 is 11.6 Å². The molecule has 0 bridgehead atoms. The molecule has 3 N–H and O–H groups in total. The van der Waals surface area contributed by atoms with E-state index < -0.39 is 53.5 Å². The summed E-state index contributed by atoms with van der Waals surface area (Å²) in [6.07, 6.45) is -2.92. The molecule has 10 nitrogen and oxygen atoms in total. The average Bonchev–Trinajstić information content (AvgIpc) is 3.43. The molecule has 1 atom stereocenters. The van der Waals surface area contributed by atoms with Crippen molar-refractivity contribution in [3.8, 4) is 22.4 Å². The van der Waals surface area contributed by atoms with E-state index in [0.717, 1.165) is 28.8 Å². The van der Waals surface area contributed by atoms with Gasteiger partial charge in [0.15, 0.2) is 15.5 Å². The second-order valence-corrected chi connectivity index (χ2v) is 13.2. The van der Waals surface area contributed by atoms with Crippen molar-refractivity contribution in [2.75, 3.05) is 5.75 Å². The number of primary sulfonamides is 1. The molecule has 40 heavy (non-hydrogen) atoms. The molecule has 1 amide bonds. The Morgan fingerprint density at radius 1 is 1.10 bits per heavy atom. The summed E-state index contributed by atoms with van der Waals surface area (Å²) in [5.74, 6) is -1.24. The molecule has 16 heteroatoms. The van der Waals surface area contributed by atoms with Crippen LogP contribution in [0.25, 0.3) is 28.0 Å². The van der Waals surface area contributed by atoms with Gasteiger partial charge >= 0.3 is 6.18 Å². The first kappa shape index (κ1) is 28.0. The Kier molecular flexibility index (Phi) is 6.89. The summed E-state index contributed by atoms with van der Waals surface area (Å²) in [6.45, 7) is 0. The Morgan fingerprint density at radius 2 is 1.77 bits per heavy atom. The van der Waals surface area contributed by atoms with Crippen LogP contribution in [0.1, 0.15) is 28.8 Å². The molecule has 0 radical (unpaired) electrons. The van der Waals surface area contributed by atoms with Crippen LogP contribution in [-0.4, -0.2) is 48.5 Å². The van der Waals surface area contributed by atoms with Crippen molar-refractivity contribution in [2.24, 2.45) is 5.14 Å². The number of amides is 1. The minimum Gasteiger partial charge on any atom is -0.335 e. The van der Waals surface area contributed by atoms with E-state index in [1.165, 1.54) is 6.20 Å². The zero-order valence-electron chi connectivity index (χ0n) is 20.2. The lowest BCUT2D eigenvalue weighted by Gasteiger charge is -2.15. The van der Waals surface area contributed by atoms with E-state index in [-0.39, 0.29) is 39.7 Å². The van der Waals surface area contributed by atoms with Crippen LogP contribution in [-0.2, 0) is 26.0 Å². The number of aromatic nitrogens is 3. The lowest BCUT2D eigenvalue weighted by atomic mass is 9.99. The molecule has 3 heterocycles. The second kappa shape index (κ2) is 9.83. The van der Waals surface area contributed by atoms with Gasteiger partial charge in [-0.2, -0.15) is 18.3 Å².